The summed E-state index contributed by atoms with van der Waals surface area (Å²) in [5.74, 6) is -1.79. The van der Waals surface area contributed by atoms with E-state index in [1.54, 1.807) is 0 Å². The molecule has 4 nitrogen and oxygen atoms in total. The second-order valence-corrected chi connectivity index (χ2v) is 4.62. The van der Waals surface area contributed by atoms with Crippen molar-refractivity contribution in [3.05, 3.63) is 40.7 Å². The van der Waals surface area contributed by atoms with Gasteiger partial charge in [-0.25, -0.2) is 13.6 Å². The molecule has 0 unspecified atom stereocenters. The van der Waals surface area contributed by atoms with Gasteiger partial charge < -0.3 is 0 Å². The fraction of sp³-hybridized carbons (Fsp3) is 0.222. The van der Waals surface area contributed by atoms with Crippen LogP contribution in [0.15, 0.2) is 12.1 Å². The Morgan fingerprint density at radius 3 is 2.50 bits per heavy atom. The molecular weight excluding hydrogens is 240 g/mol. The molecule has 0 aliphatic rings. The van der Waals surface area contributed by atoms with Crippen molar-refractivity contribution in [2.24, 2.45) is 0 Å². The van der Waals surface area contributed by atoms with Gasteiger partial charge in [0.05, 0.1) is 19.4 Å². The molecule has 0 fully saturated rings. The summed E-state index contributed by atoms with van der Waals surface area (Å²) in [5.41, 5.74) is -0.712. The van der Waals surface area contributed by atoms with E-state index in [4.69, 9.17) is 6.57 Å². The molecule has 0 saturated carbocycles. The van der Waals surface area contributed by atoms with Crippen LogP contribution in [-0.4, -0.2) is 14.7 Å². The van der Waals surface area contributed by atoms with E-state index in [2.05, 4.69) is 9.03 Å². The fourth-order valence-corrected chi connectivity index (χ4v) is 1.29. The zero-order valence-electron chi connectivity index (χ0n) is 8.20. The van der Waals surface area contributed by atoms with Crippen molar-refractivity contribution < 1.29 is 21.4 Å². The number of halogens is 2. The fourth-order valence-electron chi connectivity index (χ4n) is 0.944. The Morgan fingerprint density at radius 1 is 1.38 bits per heavy atom. The van der Waals surface area contributed by atoms with Crippen LogP contribution in [0.1, 0.15) is 5.56 Å². The molecule has 16 heavy (non-hydrogen) atoms. The zero-order valence-corrected chi connectivity index (χ0v) is 9.01. The van der Waals surface area contributed by atoms with Gasteiger partial charge >= 0.3 is 0 Å². The summed E-state index contributed by atoms with van der Waals surface area (Å²) in [6.07, 6.45) is 0.800. The average Bonchev–Trinajstić information content (AvgIpc) is 2.17. The Morgan fingerprint density at radius 2 is 2.00 bits per heavy atom. The molecule has 1 aromatic carbocycles. The van der Waals surface area contributed by atoms with Crippen molar-refractivity contribution in [1.29, 1.82) is 0 Å². The number of benzene rings is 1. The van der Waals surface area contributed by atoms with Crippen LogP contribution >= 0.6 is 0 Å². The molecule has 86 valence electrons. The normalized spacial score (nSPS) is 11.1. The van der Waals surface area contributed by atoms with Crippen molar-refractivity contribution in [2.45, 2.75) is 6.61 Å². The van der Waals surface area contributed by atoms with E-state index in [9.17, 15) is 17.2 Å². The summed E-state index contributed by atoms with van der Waals surface area (Å²) in [5, 5.41) is 0. The van der Waals surface area contributed by atoms with E-state index in [0.717, 1.165) is 12.3 Å². The van der Waals surface area contributed by atoms with Gasteiger partial charge in [0, 0.05) is 5.56 Å². The molecule has 0 aliphatic carbocycles. The first-order chi connectivity index (χ1) is 7.33. The highest BCUT2D eigenvalue weighted by molar-refractivity contribution is 7.85. The molecule has 0 heterocycles. The Kier molecular flexibility index (Phi) is 3.57. The summed E-state index contributed by atoms with van der Waals surface area (Å²) in [7, 11) is -3.72. The molecule has 1 rings (SSSR count). The number of hydrogen-bond acceptors (Lipinski definition) is 3. The van der Waals surface area contributed by atoms with Crippen LogP contribution in [0.5, 0.6) is 0 Å². The van der Waals surface area contributed by atoms with Gasteiger partial charge in [-0.05, 0) is 12.1 Å². The summed E-state index contributed by atoms with van der Waals surface area (Å²) in [4.78, 5) is 2.76. The smallest absolute Gasteiger partial charge is 0.264 e. The second-order valence-electron chi connectivity index (χ2n) is 2.97. The Balaban J connectivity index is 3.00. The van der Waals surface area contributed by atoms with Crippen LogP contribution in [0.4, 0.5) is 14.5 Å². The third kappa shape index (κ3) is 3.25. The standard InChI is InChI=1S/C9H7F2NO3S/c1-12-9-4-7(10)6(3-8(9)11)5-15-16(2,13)14/h3-4H,5H2,2H3. The predicted molar refractivity (Wildman–Crippen MR) is 52.3 cm³/mol. The van der Waals surface area contributed by atoms with Gasteiger partial charge in [-0.2, -0.15) is 8.42 Å². The molecule has 0 radical (unpaired) electrons. The van der Waals surface area contributed by atoms with Crippen LogP contribution in [-0.2, 0) is 20.9 Å². The van der Waals surface area contributed by atoms with Crippen LogP contribution < -0.4 is 0 Å². The molecule has 1 aromatic rings. The first-order valence-electron chi connectivity index (χ1n) is 4.03. The molecule has 0 spiro atoms. The van der Waals surface area contributed by atoms with Crippen LogP contribution in [0.3, 0.4) is 0 Å². The maximum absolute atomic E-state index is 13.2. The first kappa shape index (κ1) is 12.5. The van der Waals surface area contributed by atoms with E-state index in [-0.39, 0.29) is 5.56 Å². The maximum Gasteiger partial charge on any atom is 0.264 e. The summed E-state index contributed by atoms with van der Waals surface area (Å²) >= 11 is 0. The molecule has 0 atom stereocenters. The van der Waals surface area contributed by atoms with Crippen molar-refractivity contribution >= 4 is 15.8 Å². The predicted octanol–water partition coefficient (Wildman–Crippen LogP) is 1.99. The average molecular weight is 247 g/mol. The van der Waals surface area contributed by atoms with Gasteiger partial charge in [0.2, 0.25) is 5.69 Å². The van der Waals surface area contributed by atoms with Gasteiger partial charge in [0.15, 0.2) is 0 Å². The van der Waals surface area contributed by atoms with Crippen molar-refractivity contribution in [3.63, 3.8) is 0 Å². The Labute approximate surface area is 91.4 Å². The first-order valence-corrected chi connectivity index (χ1v) is 5.85. The van der Waals surface area contributed by atoms with Gasteiger partial charge in [0.1, 0.15) is 11.6 Å². The third-order valence-corrected chi connectivity index (χ3v) is 2.21. The van der Waals surface area contributed by atoms with Crippen molar-refractivity contribution in [3.8, 4) is 0 Å². The lowest BCUT2D eigenvalue weighted by Crippen LogP contribution is -2.04. The minimum absolute atomic E-state index is 0.254. The maximum atomic E-state index is 13.2. The highest BCUT2D eigenvalue weighted by Gasteiger charge is 2.12. The minimum Gasteiger partial charge on any atom is -0.265 e. The second kappa shape index (κ2) is 4.55. The minimum atomic E-state index is -3.72. The van der Waals surface area contributed by atoms with Gasteiger partial charge in [0.25, 0.3) is 10.1 Å². The summed E-state index contributed by atoms with van der Waals surface area (Å²) in [6, 6.07) is 1.44. The quantitative estimate of drug-likeness (QED) is 0.606. The molecule has 7 heteroatoms. The Bertz CT molecular complexity index is 549. The monoisotopic (exact) mass is 247 g/mol. The number of hydrogen-bond donors (Lipinski definition) is 0. The van der Waals surface area contributed by atoms with Crippen molar-refractivity contribution in [1.82, 2.24) is 0 Å². The zero-order chi connectivity index (χ0) is 12.3. The number of nitrogens with zero attached hydrogens (tertiary/aromatic N) is 1. The van der Waals surface area contributed by atoms with Crippen LogP contribution in [0.2, 0.25) is 0 Å². The van der Waals surface area contributed by atoms with Gasteiger partial charge in [-0.3, -0.25) is 4.18 Å². The molecule has 0 aromatic heterocycles. The largest absolute Gasteiger partial charge is 0.265 e. The molecule has 0 bridgehead atoms. The molecule has 0 aliphatic heterocycles. The Hall–Kier alpha value is -1.52. The number of rotatable bonds is 3. The molecular formula is C9H7F2NO3S. The topological polar surface area (TPSA) is 47.7 Å². The summed E-state index contributed by atoms with van der Waals surface area (Å²) in [6.45, 7) is 5.95. The highest BCUT2D eigenvalue weighted by atomic mass is 32.2. The highest BCUT2D eigenvalue weighted by Crippen LogP contribution is 2.22. The van der Waals surface area contributed by atoms with Crippen molar-refractivity contribution in [2.75, 3.05) is 6.26 Å². The van der Waals surface area contributed by atoms with Gasteiger partial charge in [-0.1, -0.05) is 0 Å². The lowest BCUT2D eigenvalue weighted by Gasteiger charge is -2.04. The van der Waals surface area contributed by atoms with E-state index in [1.165, 1.54) is 0 Å². The molecule has 0 N–H and O–H groups in total. The summed E-state index contributed by atoms with van der Waals surface area (Å²) < 4.78 is 51.9. The van der Waals surface area contributed by atoms with E-state index >= 15 is 0 Å². The van der Waals surface area contributed by atoms with Crippen LogP contribution in [0.25, 0.3) is 4.85 Å². The van der Waals surface area contributed by atoms with Crippen LogP contribution in [0, 0.1) is 18.2 Å². The SMILES string of the molecule is [C-]#[N+]c1cc(F)c(COS(C)(=O)=O)cc1F. The van der Waals surface area contributed by atoms with E-state index < -0.39 is 34.0 Å². The lowest BCUT2D eigenvalue weighted by atomic mass is 10.2. The molecule has 0 saturated heterocycles. The lowest BCUT2D eigenvalue weighted by molar-refractivity contribution is 0.305. The van der Waals surface area contributed by atoms with Gasteiger partial charge in [-0.15, -0.1) is 0 Å². The molecule has 0 amide bonds. The van der Waals surface area contributed by atoms with E-state index in [1.807, 2.05) is 0 Å². The van der Waals surface area contributed by atoms with E-state index in [0.29, 0.717) is 6.07 Å². The third-order valence-electron chi connectivity index (χ3n) is 1.66.